The number of H-pyrrole nitrogens is 1. The summed E-state index contributed by atoms with van der Waals surface area (Å²) in [6.45, 7) is 5.13. The number of nitrogens with zero attached hydrogens (tertiary/aromatic N) is 5. The Morgan fingerprint density at radius 1 is 1.12 bits per heavy atom. The van der Waals surface area contributed by atoms with Crippen LogP contribution in [0.2, 0.25) is 0 Å². The maximum absolute atomic E-state index is 14.1. The summed E-state index contributed by atoms with van der Waals surface area (Å²) < 4.78 is 28.2. The quantitative estimate of drug-likeness (QED) is 0.475. The molecule has 3 aliphatic rings. The van der Waals surface area contributed by atoms with Gasteiger partial charge in [-0.1, -0.05) is 0 Å². The molecule has 174 valence electrons. The topological polar surface area (TPSA) is 82.6 Å². The van der Waals surface area contributed by atoms with Gasteiger partial charge in [0.25, 0.3) is 5.92 Å². The van der Waals surface area contributed by atoms with Crippen molar-refractivity contribution in [2.24, 2.45) is 0 Å². The third-order valence-corrected chi connectivity index (χ3v) is 7.68. The monoisotopic (exact) mass is 461 g/mol. The number of rotatable bonds is 4. The van der Waals surface area contributed by atoms with E-state index in [1.54, 1.807) is 19.2 Å². The number of aromatic nitrogens is 5. The number of halogens is 2. The molecule has 5 heterocycles. The Morgan fingerprint density at radius 2 is 1.91 bits per heavy atom. The van der Waals surface area contributed by atoms with Gasteiger partial charge in [-0.05, 0) is 43.4 Å². The largest absolute Gasteiger partial charge is 0.353 e. The lowest BCUT2D eigenvalue weighted by Gasteiger charge is -2.30. The van der Waals surface area contributed by atoms with Gasteiger partial charge < -0.3 is 15.2 Å². The van der Waals surface area contributed by atoms with Crippen molar-refractivity contribution >= 4 is 27.8 Å². The van der Waals surface area contributed by atoms with E-state index in [4.69, 9.17) is 9.97 Å². The molecule has 2 aliphatic carbocycles. The normalized spacial score (nSPS) is 24.1. The third-order valence-electron chi connectivity index (χ3n) is 7.68. The molecule has 2 saturated carbocycles. The molecule has 4 aromatic rings. The summed E-state index contributed by atoms with van der Waals surface area (Å²) in [5.74, 6) is -0.671. The molecule has 1 aliphatic heterocycles. The van der Waals surface area contributed by atoms with Crippen molar-refractivity contribution in [3.05, 3.63) is 42.0 Å². The number of hydrogen-bond acceptors (Lipinski definition) is 6. The molecule has 0 spiro atoms. The number of alkyl halides is 2. The van der Waals surface area contributed by atoms with Crippen molar-refractivity contribution in [1.29, 1.82) is 0 Å². The molecule has 9 heteroatoms. The van der Waals surface area contributed by atoms with E-state index in [2.05, 4.69) is 25.2 Å². The van der Waals surface area contributed by atoms with Crippen LogP contribution in [0.4, 0.5) is 14.6 Å². The molecule has 0 bridgehead atoms. The van der Waals surface area contributed by atoms with E-state index < -0.39 is 11.3 Å². The molecule has 7 nitrogen and oxygen atoms in total. The van der Waals surface area contributed by atoms with Crippen LogP contribution in [-0.2, 0) is 5.41 Å². The summed E-state index contributed by atoms with van der Waals surface area (Å²) >= 11 is 0. The van der Waals surface area contributed by atoms with Gasteiger partial charge in [-0.15, -0.1) is 0 Å². The standard InChI is InChI=1S/C25H25F2N7/c1-24(13-25(24,26)27)19-10-16-15(4-5-30-21(16)32-19)22-31-18-12-29-11-17(14-2-3-14)20(18)23(33-22)34-8-6-28-7-9-34/h4-5,10-12,14,28H,2-3,6-9,13H2,1H3,(H,30,32). The molecule has 1 unspecified atom stereocenters. The molecule has 0 radical (unpaired) electrons. The van der Waals surface area contributed by atoms with Crippen molar-refractivity contribution in [2.45, 2.75) is 43.4 Å². The molecule has 4 aromatic heterocycles. The Labute approximate surface area is 195 Å². The summed E-state index contributed by atoms with van der Waals surface area (Å²) in [6.07, 6.45) is 7.65. The highest BCUT2D eigenvalue weighted by Crippen LogP contribution is 2.61. The van der Waals surface area contributed by atoms with E-state index in [1.165, 1.54) is 18.4 Å². The van der Waals surface area contributed by atoms with Crippen LogP contribution >= 0.6 is 0 Å². The third kappa shape index (κ3) is 2.95. The number of hydrogen-bond donors (Lipinski definition) is 2. The number of nitrogens with one attached hydrogen (secondary N) is 2. The molecule has 1 atom stereocenters. The van der Waals surface area contributed by atoms with E-state index in [9.17, 15) is 8.78 Å². The summed E-state index contributed by atoms with van der Waals surface area (Å²) in [4.78, 5) is 24.4. The lowest BCUT2D eigenvalue weighted by molar-refractivity contribution is 0.0912. The Kier molecular flexibility index (Phi) is 4.11. The van der Waals surface area contributed by atoms with E-state index in [0.717, 1.165) is 53.8 Å². The van der Waals surface area contributed by atoms with Crippen LogP contribution in [0.15, 0.2) is 30.7 Å². The van der Waals surface area contributed by atoms with Crippen LogP contribution in [-0.4, -0.2) is 57.0 Å². The highest BCUT2D eigenvalue weighted by Gasteiger charge is 2.69. The van der Waals surface area contributed by atoms with Crippen LogP contribution in [0.25, 0.3) is 33.3 Å². The van der Waals surface area contributed by atoms with Gasteiger partial charge in [0.1, 0.15) is 11.5 Å². The van der Waals surface area contributed by atoms with Crippen LogP contribution in [0.1, 0.15) is 43.4 Å². The molecule has 0 aromatic carbocycles. The first-order chi connectivity index (χ1) is 16.4. The van der Waals surface area contributed by atoms with Gasteiger partial charge in [0, 0.05) is 67.0 Å². The lowest BCUT2D eigenvalue weighted by Crippen LogP contribution is -2.44. The average Bonchev–Trinajstić information content (AvgIpc) is 3.72. The van der Waals surface area contributed by atoms with Crippen molar-refractivity contribution in [3.8, 4) is 11.4 Å². The molecular weight excluding hydrogens is 436 g/mol. The van der Waals surface area contributed by atoms with Crippen LogP contribution in [0.5, 0.6) is 0 Å². The van der Waals surface area contributed by atoms with Crippen LogP contribution in [0.3, 0.4) is 0 Å². The van der Waals surface area contributed by atoms with Gasteiger partial charge in [0.15, 0.2) is 5.82 Å². The zero-order valence-corrected chi connectivity index (χ0v) is 18.9. The summed E-state index contributed by atoms with van der Waals surface area (Å²) in [7, 11) is 0. The van der Waals surface area contributed by atoms with Gasteiger partial charge in [-0.25, -0.2) is 23.7 Å². The smallest absolute Gasteiger partial charge is 0.260 e. The van der Waals surface area contributed by atoms with E-state index >= 15 is 0 Å². The van der Waals surface area contributed by atoms with Gasteiger partial charge in [-0.2, -0.15) is 0 Å². The second-order valence-electron chi connectivity index (χ2n) is 10.0. The number of pyridine rings is 2. The maximum atomic E-state index is 14.1. The number of fused-ring (bicyclic) bond motifs is 2. The summed E-state index contributed by atoms with van der Waals surface area (Å²) in [5.41, 5.74) is 2.75. The Hall–Kier alpha value is -3.20. The predicted molar refractivity (Wildman–Crippen MR) is 126 cm³/mol. The molecule has 0 amide bonds. The van der Waals surface area contributed by atoms with E-state index in [-0.39, 0.29) is 6.42 Å². The number of aromatic amines is 1. The second kappa shape index (κ2) is 6.91. The van der Waals surface area contributed by atoms with E-state index in [0.29, 0.717) is 23.1 Å². The molecular formula is C25H25F2N7. The van der Waals surface area contributed by atoms with Crippen molar-refractivity contribution in [2.75, 3.05) is 31.1 Å². The van der Waals surface area contributed by atoms with E-state index in [1.807, 2.05) is 18.5 Å². The SMILES string of the molecule is CC1(c2cc3c(-c4nc(N5CCNCC5)c5c(C6CC6)cncc5n4)ccnc3[nH]2)CC1(F)F. The highest BCUT2D eigenvalue weighted by atomic mass is 19.3. The van der Waals surface area contributed by atoms with Gasteiger partial charge in [-0.3, -0.25) is 4.98 Å². The van der Waals surface area contributed by atoms with Crippen molar-refractivity contribution in [1.82, 2.24) is 30.2 Å². The molecule has 1 saturated heterocycles. The van der Waals surface area contributed by atoms with Crippen LogP contribution < -0.4 is 10.2 Å². The first-order valence-corrected chi connectivity index (χ1v) is 11.9. The fourth-order valence-corrected chi connectivity index (χ4v) is 5.23. The number of piperazine rings is 1. The fraction of sp³-hybridized carbons (Fsp3) is 0.440. The Balaban J connectivity index is 1.43. The Bertz CT molecular complexity index is 1440. The summed E-state index contributed by atoms with van der Waals surface area (Å²) in [6, 6.07) is 3.67. The molecule has 7 rings (SSSR count). The molecule has 2 N–H and O–H groups in total. The first-order valence-electron chi connectivity index (χ1n) is 11.9. The predicted octanol–water partition coefficient (Wildman–Crippen LogP) is 4.15. The average molecular weight is 462 g/mol. The maximum Gasteiger partial charge on any atom is 0.260 e. The minimum Gasteiger partial charge on any atom is -0.353 e. The molecule has 3 fully saturated rings. The lowest BCUT2D eigenvalue weighted by atomic mass is 10.0. The van der Waals surface area contributed by atoms with Crippen molar-refractivity contribution in [3.63, 3.8) is 0 Å². The fourth-order valence-electron chi connectivity index (χ4n) is 5.23. The zero-order chi connectivity index (χ0) is 23.1. The van der Waals surface area contributed by atoms with Gasteiger partial charge in [0.2, 0.25) is 0 Å². The molecule has 34 heavy (non-hydrogen) atoms. The van der Waals surface area contributed by atoms with Gasteiger partial charge in [0.05, 0.1) is 17.1 Å². The summed E-state index contributed by atoms with van der Waals surface area (Å²) in [5, 5.41) is 5.26. The van der Waals surface area contributed by atoms with Crippen molar-refractivity contribution < 1.29 is 8.78 Å². The number of anilines is 1. The Morgan fingerprint density at radius 3 is 2.65 bits per heavy atom. The highest BCUT2D eigenvalue weighted by molar-refractivity contribution is 5.97. The van der Waals surface area contributed by atoms with Gasteiger partial charge >= 0.3 is 0 Å². The minimum atomic E-state index is -2.70. The zero-order valence-electron chi connectivity index (χ0n) is 18.9. The first kappa shape index (κ1) is 20.2. The van der Waals surface area contributed by atoms with Crippen LogP contribution in [0, 0.1) is 0 Å². The second-order valence-corrected chi connectivity index (χ2v) is 10.0. The minimum absolute atomic E-state index is 0.155.